The van der Waals surface area contributed by atoms with Crippen LogP contribution in [0, 0.1) is 5.92 Å². The third-order valence-electron chi connectivity index (χ3n) is 3.94. The van der Waals surface area contributed by atoms with Crippen LogP contribution in [0.15, 0.2) is 0 Å². The summed E-state index contributed by atoms with van der Waals surface area (Å²) < 4.78 is 5.26. The van der Waals surface area contributed by atoms with Crippen molar-refractivity contribution >= 4 is 11.9 Å². The van der Waals surface area contributed by atoms with E-state index in [2.05, 4.69) is 5.32 Å². The van der Waals surface area contributed by atoms with E-state index in [0.717, 1.165) is 12.8 Å². The van der Waals surface area contributed by atoms with Crippen molar-refractivity contribution in [2.24, 2.45) is 5.92 Å². The van der Waals surface area contributed by atoms with Crippen LogP contribution in [0.3, 0.4) is 0 Å². The van der Waals surface area contributed by atoms with Crippen LogP contribution in [0.25, 0.3) is 0 Å². The van der Waals surface area contributed by atoms with Crippen molar-refractivity contribution < 1.29 is 19.4 Å². The van der Waals surface area contributed by atoms with Gasteiger partial charge < -0.3 is 15.2 Å². The largest absolute Gasteiger partial charge is 0.481 e. The Bertz CT molecular complexity index is 331. The Labute approximate surface area is 120 Å². The van der Waals surface area contributed by atoms with Gasteiger partial charge >= 0.3 is 5.97 Å². The number of carboxylic acids is 1. The summed E-state index contributed by atoms with van der Waals surface area (Å²) in [6.07, 6.45) is 1.80. The van der Waals surface area contributed by atoms with E-state index >= 15 is 0 Å². The predicted molar refractivity (Wildman–Crippen MR) is 75.5 cm³/mol. The summed E-state index contributed by atoms with van der Waals surface area (Å²) in [6, 6.07) is -0.0266. The molecule has 0 aromatic carbocycles. The summed E-state index contributed by atoms with van der Waals surface area (Å²) in [7, 11) is 0. The lowest BCUT2D eigenvalue weighted by atomic mass is 10.0. The van der Waals surface area contributed by atoms with Crippen molar-refractivity contribution in [2.75, 3.05) is 26.3 Å². The zero-order chi connectivity index (χ0) is 15.1. The van der Waals surface area contributed by atoms with E-state index < -0.39 is 11.9 Å². The Morgan fingerprint density at radius 3 is 2.45 bits per heavy atom. The number of carbonyl (C=O) groups is 2. The third kappa shape index (κ3) is 4.45. The molecule has 2 N–H and O–H groups in total. The monoisotopic (exact) mass is 286 g/mol. The molecule has 0 aromatic rings. The van der Waals surface area contributed by atoms with Gasteiger partial charge in [-0.1, -0.05) is 20.8 Å². The molecule has 116 valence electrons. The first-order valence-electron chi connectivity index (χ1n) is 7.37. The molecule has 1 aliphatic heterocycles. The molecule has 0 bridgehead atoms. The lowest BCUT2D eigenvalue weighted by molar-refractivity contribution is -0.143. The molecule has 1 saturated heterocycles. The number of nitrogens with zero attached hydrogens (tertiary/aromatic N) is 1. The Kier molecular flexibility index (Phi) is 6.95. The van der Waals surface area contributed by atoms with Gasteiger partial charge in [0.2, 0.25) is 5.91 Å². The van der Waals surface area contributed by atoms with E-state index in [1.807, 2.05) is 25.7 Å². The van der Waals surface area contributed by atoms with Crippen molar-refractivity contribution in [3.8, 4) is 0 Å². The predicted octanol–water partition coefficient (Wildman–Crippen LogP) is 0.713. The summed E-state index contributed by atoms with van der Waals surface area (Å²) in [5.41, 5.74) is 0. The zero-order valence-corrected chi connectivity index (χ0v) is 12.6. The lowest BCUT2D eigenvalue weighted by Gasteiger charge is -2.29. The van der Waals surface area contributed by atoms with Crippen LogP contribution in [0.4, 0.5) is 0 Å². The molecular formula is C14H26N2O4. The number of amides is 1. The lowest BCUT2D eigenvalue weighted by Crippen LogP contribution is -2.49. The second-order valence-electron chi connectivity index (χ2n) is 5.19. The number of ether oxygens (including phenoxy) is 1. The Hall–Kier alpha value is -1.14. The molecule has 6 nitrogen and oxygen atoms in total. The van der Waals surface area contributed by atoms with Crippen LogP contribution >= 0.6 is 0 Å². The summed E-state index contributed by atoms with van der Waals surface area (Å²) in [5.74, 6) is -1.45. The standard InChI is InChI=1S/C14H26N2O4/c1-4-10(5-2)15-13(17)7-16(6-3)12-9-20-8-11(12)14(18)19/h10-12H,4-9H2,1-3H3,(H,15,17)(H,18,19). The highest BCUT2D eigenvalue weighted by Gasteiger charge is 2.38. The minimum Gasteiger partial charge on any atom is -0.481 e. The number of hydrogen-bond acceptors (Lipinski definition) is 4. The van der Waals surface area contributed by atoms with Gasteiger partial charge in [-0.25, -0.2) is 0 Å². The molecular weight excluding hydrogens is 260 g/mol. The highest BCUT2D eigenvalue weighted by Crippen LogP contribution is 2.19. The van der Waals surface area contributed by atoms with Crippen LogP contribution in [0.2, 0.25) is 0 Å². The molecule has 6 heteroatoms. The van der Waals surface area contributed by atoms with Crippen LogP contribution in [-0.4, -0.2) is 60.3 Å². The zero-order valence-electron chi connectivity index (χ0n) is 12.6. The number of carbonyl (C=O) groups excluding carboxylic acids is 1. The van der Waals surface area contributed by atoms with Gasteiger partial charge in [0.1, 0.15) is 0 Å². The molecule has 0 aromatic heterocycles. The van der Waals surface area contributed by atoms with Gasteiger partial charge in [0.15, 0.2) is 0 Å². The van der Waals surface area contributed by atoms with E-state index in [0.29, 0.717) is 13.2 Å². The maximum absolute atomic E-state index is 12.0. The average molecular weight is 286 g/mol. The quantitative estimate of drug-likeness (QED) is 0.687. The van der Waals surface area contributed by atoms with Gasteiger partial charge in [0.05, 0.1) is 25.7 Å². The van der Waals surface area contributed by atoms with Crippen molar-refractivity contribution in [1.29, 1.82) is 0 Å². The number of hydrogen-bond donors (Lipinski definition) is 2. The van der Waals surface area contributed by atoms with Gasteiger partial charge in [0, 0.05) is 12.1 Å². The summed E-state index contributed by atoms with van der Waals surface area (Å²) in [4.78, 5) is 25.1. The maximum atomic E-state index is 12.0. The van der Waals surface area contributed by atoms with Gasteiger partial charge in [-0.15, -0.1) is 0 Å². The molecule has 1 aliphatic rings. The van der Waals surface area contributed by atoms with Crippen LogP contribution in [0.5, 0.6) is 0 Å². The Balaban J connectivity index is 2.58. The number of aliphatic carboxylic acids is 1. The van der Waals surface area contributed by atoms with E-state index in [4.69, 9.17) is 4.74 Å². The van der Waals surface area contributed by atoms with Gasteiger partial charge in [-0.3, -0.25) is 14.5 Å². The second kappa shape index (κ2) is 8.21. The van der Waals surface area contributed by atoms with E-state index in [-0.39, 0.29) is 31.1 Å². The van der Waals surface area contributed by atoms with E-state index in [1.54, 1.807) is 0 Å². The molecule has 2 atom stereocenters. The first-order valence-corrected chi connectivity index (χ1v) is 7.37. The van der Waals surface area contributed by atoms with Gasteiger partial charge in [-0.2, -0.15) is 0 Å². The molecule has 0 spiro atoms. The molecule has 20 heavy (non-hydrogen) atoms. The second-order valence-corrected chi connectivity index (χ2v) is 5.19. The molecule has 0 saturated carbocycles. The molecule has 0 aliphatic carbocycles. The van der Waals surface area contributed by atoms with E-state index in [9.17, 15) is 14.7 Å². The molecule has 1 rings (SSSR count). The van der Waals surface area contributed by atoms with Crippen LogP contribution in [0.1, 0.15) is 33.6 Å². The summed E-state index contributed by atoms with van der Waals surface area (Å²) in [5, 5.41) is 12.2. The third-order valence-corrected chi connectivity index (χ3v) is 3.94. The van der Waals surface area contributed by atoms with E-state index in [1.165, 1.54) is 0 Å². The number of nitrogens with one attached hydrogen (secondary N) is 1. The minimum absolute atomic E-state index is 0.0448. The minimum atomic E-state index is -0.855. The Morgan fingerprint density at radius 2 is 1.95 bits per heavy atom. The summed E-state index contributed by atoms with van der Waals surface area (Å²) >= 11 is 0. The fraction of sp³-hybridized carbons (Fsp3) is 0.857. The number of rotatable bonds is 8. The fourth-order valence-electron chi connectivity index (χ4n) is 2.55. The number of likely N-dealkylation sites (N-methyl/N-ethyl adjacent to an activating group) is 1. The normalized spacial score (nSPS) is 22.4. The molecule has 1 fully saturated rings. The van der Waals surface area contributed by atoms with Crippen LogP contribution < -0.4 is 5.32 Å². The number of carboxylic acid groups (broad SMARTS) is 1. The van der Waals surface area contributed by atoms with Gasteiger partial charge in [0.25, 0.3) is 0 Å². The van der Waals surface area contributed by atoms with Crippen molar-refractivity contribution in [2.45, 2.75) is 45.7 Å². The highest BCUT2D eigenvalue weighted by molar-refractivity contribution is 5.78. The van der Waals surface area contributed by atoms with Crippen molar-refractivity contribution in [3.05, 3.63) is 0 Å². The van der Waals surface area contributed by atoms with Crippen molar-refractivity contribution in [3.63, 3.8) is 0 Å². The first kappa shape index (κ1) is 16.9. The molecule has 1 heterocycles. The average Bonchev–Trinajstić information content (AvgIpc) is 2.91. The SMILES string of the molecule is CCC(CC)NC(=O)CN(CC)C1COCC1C(=O)O. The first-order chi connectivity index (χ1) is 9.53. The van der Waals surface area contributed by atoms with Gasteiger partial charge in [-0.05, 0) is 19.4 Å². The topological polar surface area (TPSA) is 78.9 Å². The Morgan fingerprint density at radius 1 is 1.30 bits per heavy atom. The summed E-state index contributed by atoms with van der Waals surface area (Å²) in [6.45, 7) is 7.48. The molecule has 0 radical (unpaired) electrons. The molecule has 2 unspecified atom stereocenters. The molecule has 1 amide bonds. The van der Waals surface area contributed by atoms with Crippen molar-refractivity contribution in [1.82, 2.24) is 10.2 Å². The fourth-order valence-corrected chi connectivity index (χ4v) is 2.55. The smallest absolute Gasteiger partial charge is 0.310 e. The maximum Gasteiger partial charge on any atom is 0.310 e. The van der Waals surface area contributed by atoms with Crippen LogP contribution in [-0.2, 0) is 14.3 Å². The highest BCUT2D eigenvalue weighted by atomic mass is 16.5.